The molecule has 1 unspecified atom stereocenters. The molecule has 0 radical (unpaired) electrons. The Kier molecular flexibility index (Phi) is 4.38. The van der Waals surface area contributed by atoms with E-state index in [0.29, 0.717) is 23.2 Å². The molecule has 0 amide bonds. The minimum absolute atomic E-state index is 0.320. The van der Waals surface area contributed by atoms with Gasteiger partial charge in [-0.3, -0.25) is 0 Å². The van der Waals surface area contributed by atoms with Crippen molar-refractivity contribution < 1.29 is 9.47 Å². The standard InChI is InChI=1S/C10H16N4O2S/c1-11-8-12-9(15-2)14-10(13-8)17-6-7-4-3-5-16-7/h7H,3-6H2,1-2H3,(H,11,12,13,14). The number of nitrogens with one attached hydrogen (secondary N) is 1. The molecule has 0 aromatic carbocycles. The fourth-order valence-corrected chi connectivity index (χ4v) is 2.44. The normalized spacial score (nSPS) is 19.3. The van der Waals surface area contributed by atoms with Crippen molar-refractivity contribution in [2.45, 2.75) is 24.1 Å². The number of anilines is 1. The average molecular weight is 256 g/mol. The lowest BCUT2D eigenvalue weighted by Crippen LogP contribution is -2.09. The van der Waals surface area contributed by atoms with Gasteiger partial charge in [-0.25, -0.2) is 0 Å². The molecule has 1 aliphatic rings. The highest BCUT2D eigenvalue weighted by molar-refractivity contribution is 7.99. The van der Waals surface area contributed by atoms with Gasteiger partial charge in [-0.1, -0.05) is 11.8 Å². The lowest BCUT2D eigenvalue weighted by molar-refractivity contribution is 0.129. The van der Waals surface area contributed by atoms with E-state index in [2.05, 4.69) is 20.3 Å². The third kappa shape index (κ3) is 3.44. The smallest absolute Gasteiger partial charge is 0.321 e. The molecule has 0 bridgehead atoms. The van der Waals surface area contributed by atoms with Crippen LogP contribution in [0, 0.1) is 0 Å². The average Bonchev–Trinajstić information content (AvgIpc) is 2.89. The molecule has 94 valence electrons. The molecule has 0 spiro atoms. The van der Waals surface area contributed by atoms with E-state index in [0.717, 1.165) is 25.2 Å². The monoisotopic (exact) mass is 256 g/mol. The molecule has 17 heavy (non-hydrogen) atoms. The van der Waals surface area contributed by atoms with Crippen molar-refractivity contribution in [3.8, 4) is 6.01 Å². The van der Waals surface area contributed by atoms with Crippen LogP contribution in [-0.4, -0.2) is 47.6 Å². The minimum atomic E-state index is 0.320. The Balaban J connectivity index is 1.98. The molecule has 6 nitrogen and oxygen atoms in total. The zero-order valence-corrected chi connectivity index (χ0v) is 10.8. The molecule has 1 fully saturated rings. The summed E-state index contributed by atoms with van der Waals surface area (Å²) in [6.45, 7) is 0.869. The molecule has 2 rings (SSSR count). The first kappa shape index (κ1) is 12.4. The Morgan fingerprint density at radius 1 is 1.47 bits per heavy atom. The fourth-order valence-electron chi connectivity index (χ4n) is 1.55. The van der Waals surface area contributed by atoms with Crippen molar-refractivity contribution in [3.05, 3.63) is 0 Å². The van der Waals surface area contributed by atoms with E-state index in [9.17, 15) is 0 Å². The third-order valence-electron chi connectivity index (χ3n) is 2.42. The molecule has 1 aromatic heterocycles. The predicted octanol–water partition coefficient (Wildman–Crippen LogP) is 1.19. The first-order valence-corrected chi connectivity index (χ1v) is 6.52. The summed E-state index contributed by atoms with van der Waals surface area (Å²) in [6, 6.07) is 0.333. The first-order chi connectivity index (χ1) is 8.31. The molecule has 1 N–H and O–H groups in total. The van der Waals surface area contributed by atoms with Crippen LogP contribution >= 0.6 is 11.8 Å². The highest BCUT2D eigenvalue weighted by Gasteiger charge is 2.17. The summed E-state index contributed by atoms with van der Waals surface area (Å²) in [7, 11) is 3.31. The molecular weight excluding hydrogens is 240 g/mol. The predicted molar refractivity (Wildman–Crippen MR) is 65.6 cm³/mol. The van der Waals surface area contributed by atoms with Gasteiger partial charge >= 0.3 is 6.01 Å². The van der Waals surface area contributed by atoms with Crippen molar-refractivity contribution in [2.75, 3.05) is 31.8 Å². The molecule has 1 atom stereocenters. The van der Waals surface area contributed by atoms with Crippen LogP contribution < -0.4 is 10.1 Å². The van der Waals surface area contributed by atoms with Gasteiger partial charge in [-0.2, -0.15) is 15.0 Å². The molecule has 1 aliphatic heterocycles. The van der Waals surface area contributed by atoms with Crippen molar-refractivity contribution in [1.82, 2.24) is 15.0 Å². The Hall–Kier alpha value is -1.08. The molecular formula is C10H16N4O2S. The Labute approximate surface area is 105 Å². The second kappa shape index (κ2) is 6.02. The lowest BCUT2D eigenvalue weighted by Gasteiger charge is -2.08. The van der Waals surface area contributed by atoms with Crippen LogP contribution in [0.25, 0.3) is 0 Å². The van der Waals surface area contributed by atoms with E-state index in [-0.39, 0.29) is 0 Å². The number of nitrogens with zero attached hydrogens (tertiary/aromatic N) is 3. The van der Waals surface area contributed by atoms with Gasteiger partial charge in [-0.05, 0) is 12.8 Å². The molecule has 1 aromatic rings. The number of hydrogen-bond acceptors (Lipinski definition) is 7. The van der Waals surface area contributed by atoms with Crippen LogP contribution in [0.5, 0.6) is 6.01 Å². The van der Waals surface area contributed by atoms with Crippen LogP contribution in [-0.2, 0) is 4.74 Å². The van der Waals surface area contributed by atoms with Gasteiger partial charge in [-0.15, -0.1) is 0 Å². The zero-order valence-electron chi connectivity index (χ0n) is 9.97. The maximum absolute atomic E-state index is 5.55. The van der Waals surface area contributed by atoms with E-state index < -0.39 is 0 Å². The summed E-state index contributed by atoms with van der Waals surface area (Å²) in [5.41, 5.74) is 0. The second-order valence-corrected chi connectivity index (χ2v) is 4.61. The zero-order chi connectivity index (χ0) is 12.1. The summed E-state index contributed by atoms with van der Waals surface area (Å²) < 4.78 is 10.6. The minimum Gasteiger partial charge on any atom is -0.467 e. The molecule has 2 heterocycles. The van der Waals surface area contributed by atoms with Crippen molar-refractivity contribution in [1.29, 1.82) is 0 Å². The lowest BCUT2D eigenvalue weighted by atomic mass is 10.3. The summed E-state index contributed by atoms with van der Waals surface area (Å²) in [4.78, 5) is 12.5. The van der Waals surface area contributed by atoms with Crippen molar-refractivity contribution in [2.24, 2.45) is 0 Å². The third-order valence-corrected chi connectivity index (χ3v) is 3.40. The van der Waals surface area contributed by atoms with E-state index >= 15 is 0 Å². The SMILES string of the molecule is CNc1nc(OC)nc(SCC2CCCO2)n1. The van der Waals surface area contributed by atoms with Gasteiger partial charge < -0.3 is 14.8 Å². The fraction of sp³-hybridized carbons (Fsp3) is 0.700. The van der Waals surface area contributed by atoms with Crippen LogP contribution in [0.4, 0.5) is 5.95 Å². The van der Waals surface area contributed by atoms with Crippen LogP contribution in [0.1, 0.15) is 12.8 Å². The molecule has 0 aliphatic carbocycles. The Morgan fingerprint density at radius 3 is 3.00 bits per heavy atom. The van der Waals surface area contributed by atoms with Crippen LogP contribution in [0.2, 0.25) is 0 Å². The van der Waals surface area contributed by atoms with Gasteiger partial charge in [0, 0.05) is 19.4 Å². The first-order valence-electron chi connectivity index (χ1n) is 5.54. The van der Waals surface area contributed by atoms with Crippen molar-refractivity contribution in [3.63, 3.8) is 0 Å². The van der Waals surface area contributed by atoms with E-state index in [4.69, 9.17) is 9.47 Å². The largest absolute Gasteiger partial charge is 0.467 e. The Bertz CT molecular complexity index is 349. The molecule has 1 saturated heterocycles. The van der Waals surface area contributed by atoms with Crippen molar-refractivity contribution >= 4 is 17.7 Å². The van der Waals surface area contributed by atoms with E-state index in [1.807, 2.05) is 0 Å². The van der Waals surface area contributed by atoms with E-state index in [1.165, 1.54) is 0 Å². The number of hydrogen-bond donors (Lipinski definition) is 1. The summed E-state index contributed by atoms with van der Waals surface area (Å²) in [6.07, 6.45) is 2.59. The van der Waals surface area contributed by atoms with Gasteiger partial charge in [0.1, 0.15) is 0 Å². The van der Waals surface area contributed by atoms with Gasteiger partial charge in [0.15, 0.2) is 5.16 Å². The van der Waals surface area contributed by atoms with E-state index in [1.54, 1.807) is 25.9 Å². The number of methoxy groups -OCH3 is 1. The number of aromatic nitrogens is 3. The molecule has 0 saturated carbocycles. The maximum Gasteiger partial charge on any atom is 0.321 e. The van der Waals surface area contributed by atoms with Gasteiger partial charge in [0.05, 0.1) is 13.2 Å². The van der Waals surface area contributed by atoms with Gasteiger partial charge in [0.2, 0.25) is 5.95 Å². The quantitative estimate of drug-likeness (QED) is 0.793. The highest BCUT2D eigenvalue weighted by Crippen LogP contribution is 2.22. The number of thioether (sulfide) groups is 1. The topological polar surface area (TPSA) is 69.2 Å². The van der Waals surface area contributed by atoms with Crippen LogP contribution in [0.15, 0.2) is 5.16 Å². The van der Waals surface area contributed by atoms with Crippen LogP contribution in [0.3, 0.4) is 0 Å². The molecule has 7 heteroatoms. The highest BCUT2D eigenvalue weighted by atomic mass is 32.2. The maximum atomic E-state index is 5.55. The summed E-state index contributed by atoms with van der Waals surface area (Å²) in [5, 5.41) is 3.55. The number of ether oxygens (including phenoxy) is 2. The Morgan fingerprint density at radius 2 is 2.35 bits per heavy atom. The summed E-state index contributed by atoms with van der Waals surface area (Å²) in [5.74, 6) is 1.39. The van der Waals surface area contributed by atoms with Gasteiger partial charge in [0.25, 0.3) is 0 Å². The number of rotatable bonds is 5. The summed E-state index contributed by atoms with van der Waals surface area (Å²) >= 11 is 1.57. The second-order valence-electron chi connectivity index (χ2n) is 3.62.